The summed E-state index contributed by atoms with van der Waals surface area (Å²) in [7, 11) is 3.21. The second kappa shape index (κ2) is 14.9. The quantitative estimate of drug-likeness (QED) is 0.178. The van der Waals surface area contributed by atoms with Crippen molar-refractivity contribution in [2.24, 2.45) is 0 Å². The van der Waals surface area contributed by atoms with Gasteiger partial charge in [-0.05, 0) is 60.7 Å². The fourth-order valence-corrected chi connectivity index (χ4v) is 5.03. The zero-order valence-corrected chi connectivity index (χ0v) is 24.9. The topological polar surface area (TPSA) is 72.2 Å². The third-order valence-electron chi connectivity index (χ3n) is 7.62. The van der Waals surface area contributed by atoms with Crippen molar-refractivity contribution in [3.63, 3.8) is 0 Å². The summed E-state index contributed by atoms with van der Waals surface area (Å²) < 4.78 is 16.4. The van der Waals surface area contributed by atoms with Crippen LogP contribution in [0.3, 0.4) is 0 Å². The zero-order chi connectivity index (χ0) is 29.9. The lowest BCUT2D eigenvalue weighted by molar-refractivity contribution is -0.143. The number of rotatable bonds is 14. The molecule has 1 aromatic heterocycles. The van der Waals surface area contributed by atoms with Gasteiger partial charge in [-0.2, -0.15) is 0 Å². The highest BCUT2D eigenvalue weighted by molar-refractivity contribution is 5.91. The van der Waals surface area contributed by atoms with Crippen molar-refractivity contribution in [1.29, 1.82) is 0 Å². The molecule has 7 nitrogen and oxygen atoms in total. The highest BCUT2D eigenvalue weighted by atomic mass is 16.5. The second-order valence-corrected chi connectivity index (χ2v) is 10.3. The summed E-state index contributed by atoms with van der Waals surface area (Å²) in [5, 5.41) is 0. The summed E-state index contributed by atoms with van der Waals surface area (Å²) in [6.45, 7) is 4.75. The standard InChI is InChI=1S/C35H40N2O5/c1-5-26(2)37(35(39)34(28-13-8-6-9-14-28)29-15-10-7-11-16-29)25-33(38)36(24-30-17-12-22-42-30)21-20-27-18-19-31(40-3)32(23-27)41-4/h6-19,22-23,26,34H,5,20-21,24-25H2,1-4H3. The molecule has 0 saturated carbocycles. The molecular weight excluding hydrogens is 528 g/mol. The lowest BCUT2D eigenvalue weighted by Crippen LogP contribution is -2.48. The van der Waals surface area contributed by atoms with Crippen molar-refractivity contribution in [2.75, 3.05) is 27.3 Å². The molecule has 0 N–H and O–H groups in total. The third kappa shape index (κ3) is 7.60. The normalized spacial score (nSPS) is 11.6. The van der Waals surface area contributed by atoms with E-state index < -0.39 is 5.92 Å². The van der Waals surface area contributed by atoms with Crippen molar-refractivity contribution < 1.29 is 23.5 Å². The van der Waals surface area contributed by atoms with E-state index in [0.717, 1.165) is 23.1 Å². The summed E-state index contributed by atoms with van der Waals surface area (Å²) in [4.78, 5) is 31.8. The Bertz CT molecular complexity index is 1370. The minimum absolute atomic E-state index is 0.0311. The summed E-state index contributed by atoms with van der Waals surface area (Å²) in [5.41, 5.74) is 2.80. The SMILES string of the molecule is CCC(C)N(CC(=O)N(CCc1ccc(OC)c(OC)c1)Cc1ccco1)C(=O)C(c1ccccc1)c1ccccc1. The third-order valence-corrected chi connectivity index (χ3v) is 7.62. The minimum Gasteiger partial charge on any atom is -0.493 e. The van der Waals surface area contributed by atoms with E-state index in [9.17, 15) is 9.59 Å². The summed E-state index contributed by atoms with van der Waals surface area (Å²) in [5.74, 6) is 1.23. The molecule has 0 bridgehead atoms. The molecule has 4 rings (SSSR count). The minimum atomic E-state index is -0.514. The van der Waals surface area contributed by atoms with Crippen molar-refractivity contribution >= 4 is 11.8 Å². The van der Waals surface area contributed by atoms with Gasteiger partial charge in [-0.1, -0.05) is 73.7 Å². The summed E-state index contributed by atoms with van der Waals surface area (Å²) in [6, 6.07) is 28.8. The average Bonchev–Trinajstić information content (AvgIpc) is 3.55. The molecule has 1 atom stereocenters. The number of furan rings is 1. The molecule has 220 valence electrons. The van der Waals surface area contributed by atoms with Crippen LogP contribution in [-0.4, -0.2) is 55.0 Å². The van der Waals surface area contributed by atoms with Crippen molar-refractivity contribution in [1.82, 2.24) is 9.80 Å². The van der Waals surface area contributed by atoms with Crippen LogP contribution >= 0.6 is 0 Å². The van der Waals surface area contributed by atoms with E-state index in [2.05, 4.69) is 0 Å². The lowest BCUT2D eigenvalue weighted by atomic mass is 9.89. The van der Waals surface area contributed by atoms with E-state index in [1.54, 1.807) is 30.3 Å². The van der Waals surface area contributed by atoms with Crippen LogP contribution in [0.1, 0.15) is 48.6 Å². The van der Waals surface area contributed by atoms with Crippen LogP contribution in [0, 0.1) is 0 Å². The molecule has 4 aromatic rings. The van der Waals surface area contributed by atoms with Crippen LogP contribution < -0.4 is 9.47 Å². The molecule has 0 radical (unpaired) electrons. The highest BCUT2D eigenvalue weighted by Crippen LogP contribution is 2.29. The predicted octanol–water partition coefficient (Wildman–Crippen LogP) is 6.33. The van der Waals surface area contributed by atoms with Crippen molar-refractivity contribution in [3.05, 3.63) is 120 Å². The monoisotopic (exact) mass is 568 g/mol. The summed E-state index contributed by atoms with van der Waals surface area (Å²) >= 11 is 0. The fourth-order valence-electron chi connectivity index (χ4n) is 5.03. The van der Waals surface area contributed by atoms with Gasteiger partial charge in [0.25, 0.3) is 0 Å². The maximum absolute atomic E-state index is 14.3. The van der Waals surface area contributed by atoms with Gasteiger partial charge < -0.3 is 23.7 Å². The second-order valence-electron chi connectivity index (χ2n) is 10.3. The Kier molecular flexibility index (Phi) is 10.8. The van der Waals surface area contributed by atoms with E-state index in [-0.39, 0.29) is 24.4 Å². The maximum atomic E-state index is 14.3. The van der Waals surface area contributed by atoms with Crippen LogP contribution in [0.5, 0.6) is 11.5 Å². The molecule has 0 aliphatic heterocycles. The molecule has 7 heteroatoms. The predicted molar refractivity (Wildman–Crippen MR) is 164 cm³/mol. The molecule has 2 amide bonds. The van der Waals surface area contributed by atoms with Crippen LogP contribution in [0.25, 0.3) is 0 Å². The van der Waals surface area contributed by atoms with E-state index >= 15 is 0 Å². The van der Waals surface area contributed by atoms with Gasteiger partial charge in [-0.25, -0.2) is 0 Å². The first kappa shape index (κ1) is 30.4. The molecule has 1 unspecified atom stereocenters. The smallest absolute Gasteiger partial charge is 0.242 e. The molecule has 1 heterocycles. The number of benzene rings is 3. The van der Waals surface area contributed by atoms with Gasteiger partial charge in [0.2, 0.25) is 11.8 Å². The number of hydrogen-bond donors (Lipinski definition) is 0. The van der Waals surface area contributed by atoms with E-state index in [4.69, 9.17) is 13.9 Å². The van der Waals surface area contributed by atoms with Gasteiger partial charge in [-0.3, -0.25) is 9.59 Å². The molecule has 0 saturated heterocycles. The van der Waals surface area contributed by atoms with E-state index in [0.29, 0.717) is 36.8 Å². The fraction of sp³-hybridized carbons (Fsp3) is 0.314. The Morgan fingerprint density at radius 3 is 2.02 bits per heavy atom. The number of hydrogen-bond acceptors (Lipinski definition) is 5. The maximum Gasteiger partial charge on any atom is 0.242 e. The van der Waals surface area contributed by atoms with E-state index in [1.165, 1.54) is 0 Å². The highest BCUT2D eigenvalue weighted by Gasteiger charge is 2.32. The van der Waals surface area contributed by atoms with Gasteiger partial charge in [0, 0.05) is 12.6 Å². The van der Waals surface area contributed by atoms with Gasteiger partial charge in [-0.15, -0.1) is 0 Å². The lowest BCUT2D eigenvalue weighted by Gasteiger charge is -2.34. The van der Waals surface area contributed by atoms with Gasteiger partial charge in [0.15, 0.2) is 11.5 Å². The van der Waals surface area contributed by atoms with Crippen LogP contribution in [0.4, 0.5) is 0 Å². The number of carbonyl (C=O) groups is 2. The summed E-state index contributed by atoms with van der Waals surface area (Å²) in [6.07, 6.45) is 2.92. The Hall–Kier alpha value is -4.52. The molecular formula is C35H40N2O5. The first-order valence-electron chi connectivity index (χ1n) is 14.4. The zero-order valence-electron chi connectivity index (χ0n) is 24.9. The molecule has 0 spiro atoms. The Morgan fingerprint density at radius 1 is 0.833 bits per heavy atom. The van der Waals surface area contributed by atoms with Crippen molar-refractivity contribution in [2.45, 2.75) is 45.2 Å². The van der Waals surface area contributed by atoms with Gasteiger partial charge >= 0.3 is 0 Å². The number of nitrogens with zero attached hydrogens (tertiary/aromatic N) is 2. The van der Waals surface area contributed by atoms with Crippen LogP contribution in [-0.2, 0) is 22.6 Å². The number of ether oxygens (including phenoxy) is 2. The molecule has 42 heavy (non-hydrogen) atoms. The van der Waals surface area contributed by atoms with Crippen LogP contribution in [0.15, 0.2) is 102 Å². The Balaban J connectivity index is 1.60. The number of carbonyl (C=O) groups excluding carboxylic acids is 2. The molecule has 3 aromatic carbocycles. The van der Waals surface area contributed by atoms with Crippen molar-refractivity contribution in [3.8, 4) is 11.5 Å². The molecule has 0 aliphatic carbocycles. The Morgan fingerprint density at radius 2 is 1.48 bits per heavy atom. The largest absolute Gasteiger partial charge is 0.493 e. The number of amides is 2. The average molecular weight is 569 g/mol. The van der Waals surface area contributed by atoms with Crippen LogP contribution in [0.2, 0.25) is 0 Å². The molecule has 0 fully saturated rings. The number of methoxy groups -OCH3 is 2. The molecule has 0 aliphatic rings. The van der Waals surface area contributed by atoms with E-state index in [1.807, 2.05) is 105 Å². The van der Waals surface area contributed by atoms with Gasteiger partial charge in [0.1, 0.15) is 12.3 Å². The first-order chi connectivity index (χ1) is 20.4. The Labute approximate surface area is 248 Å². The first-order valence-corrected chi connectivity index (χ1v) is 14.4. The van der Waals surface area contributed by atoms with Gasteiger partial charge in [0.05, 0.1) is 32.9 Å².